The average Bonchev–Trinajstić information content (AvgIpc) is 2.49. The highest BCUT2D eigenvalue weighted by Crippen LogP contribution is 2.25. The molecule has 0 radical (unpaired) electrons. The van der Waals surface area contributed by atoms with Gasteiger partial charge >= 0.3 is 0 Å². The number of rotatable bonds is 2. The maximum Gasteiger partial charge on any atom is 0.136 e. The summed E-state index contributed by atoms with van der Waals surface area (Å²) in [6, 6.07) is 4.39. The number of carbonyl (C=O) groups excluding carboxylic acids is 1. The minimum atomic E-state index is -0.344. The zero-order valence-electron chi connectivity index (χ0n) is 8.00. The van der Waals surface area contributed by atoms with Crippen LogP contribution >= 0.6 is 15.9 Å². The van der Waals surface area contributed by atoms with E-state index >= 15 is 0 Å². The second-order valence-electron chi connectivity index (χ2n) is 3.63. The van der Waals surface area contributed by atoms with Crippen molar-refractivity contribution in [2.24, 2.45) is 0 Å². The van der Waals surface area contributed by atoms with Crippen molar-refractivity contribution in [2.75, 3.05) is 0 Å². The molecule has 4 heteroatoms. The van der Waals surface area contributed by atoms with Crippen molar-refractivity contribution in [1.29, 1.82) is 0 Å². The summed E-state index contributed by atoms with van der Waals surface area (Å²) in [4.78, 5) is 11.0. The van der Waals surface area contributed by atoms with E-state index < -0.39 is 0 Å². The molecular weight excluding hydrogens is 263 g/mol. The summed E-state index contributed by atoms with van der Waals surface area (Å²) in [5.41, 5.74) is 0. The number of halogens is 2. The van der Waals surface area contributed by atoms with E-state index in [1.807, 2.05) is 0 Å². The van der Waals surface area contributed by atoms with Crippen LogP contribution in [0.4, 0.5) is 4.39 Å². The van der Waals surface area contributed by atoms with Crippen LogP contribution in [-0.2, 0) is 4.79 Å². The fourth-order valence-corrected chi connectivity index (χ4v) is 2.11. The van der Waals surface area contributed by atoms with Gasteiger partial charge in [0.2, 0.25) is 0 Å². The SMILES string of the molecule is O=C1CCC(Oc2cc(F)cc(Br)c2)C1. The maximum atomic E-state index is 13.0. The van der Waals surface area contributed by atoms with Crippen LogP contribution in [-0.4, -0.2) is 11.9 Å². The molecule has 15 heavy (non-hydrogen) atoms. The van der Waals surface area contributed by atoms with Gasteiger partial charge in [-0.1, -0.05) is 15.9 Å². The van der Waals surface area contributed by atoms with Gasteiger partial charge in [0.25, 0.3) is 0 Å². The topological polar surface area (TPSA) is 26.3 Å². The van der Waals surface area contributed by atoms with E-state index in [2.05, 4.69) is 15.9 Å². The van der Waals surface area contributed by atoms with Gasteiger partial charge in [-0.15, -0.1) is 0 Å². The lowest BCUT2D eigenvalue weighted by Gasteiger charge is -2.12. The molecule has 2 rings (SSSR count). The van der Waals surface area contributed by atoms with E-state index in [0.29, 0.717) is 23.1 Å². The molecular formula is C11H10BrFO2. The molecule has 80 valence electrons. The molecule has 1 unspecified atom stereocenters. The predicted octanol–water partition coefficient (Wildman–Crippen LogP) is 3.09. The van der Waals surface area contributed by atoms with Crippen LogP contribution in [0.1, 0.15) is 19.3 Å². The van der Waals surface area contributed by atoms with Gasteiger partial charge in [0.15, 0.2) is 0 Å². The number of ether oxygens (including phenoxy) is 1. The van der Waals surface area contributed by atoms with Crippen LogP contribution in [0.5, 0.6) is 5.75 Å². The largest absolute Gasteiger partial charge is 0.490 e. The van der Waals surface area contributed by atoms with Gasteiger partial charge in [0.1, 0.15) is 23.5 Å². The number of hydrogen-bond acceptors (Lipinski definition) is 2. The van der Waals surface area contributed by atoms with Crippen molar-refractivity contribution < 1.29 is 13.9 Å². The lowest BCUT2D eigenvalue weighted by molar-refractivity contribution is -0.117. The molecule has 0 spiro atoms. The van der Waals surface area contributed by atoms with Gasteiger partial charge in [0, 0.05) is 23.4 Å². The Morgan fingerprint density at radius 1 is 1.40 bits per heavy atom. The second-order valence-corrected chi connectivity index (χ2v) is 4.54. The predicted molar refractivity (Wildman–Crippen MR) is 57.4 cm³/mol. The maximum absolute atomic E-state index is 13.0. The van der Waals surface area contributed by atoms with Gasteiger partial charge in [-0.05, 0) is 18.6 Å². The molecule has 1 fully saturated rings. The smallest absolute Gasteiger partial charge is 0.136 e. The van der Waals surface area contributed by atoms with Gasteiger partial charge in [0.05, 0.1) is 0 Å². The molecule has 0 saturated heterocycles. The number of hydrogen-bond donors (Lipinski definition) is 0. The first kappa shape index (κ1) is 10.6. The second kappa shape index (κ2) is 4.31. The minimum Gasteiger partial charge on any atom is -0.490 e. The van der Waals surface area contributed by atoms with Gasteiger partial charge in [-0.2, -0.15) is 0 Å². The number of benzene rings is 1. The number of Topliss-reactive ketones (excluding diaryl/α,β-unsaturated/α-hetero) is 1. The van der Waals surface area contributed by atoms with E-state index in [4.69, 9.17) is 4.74 Å². The Morgan fingerprint density at radius 2 is 2.20 bits per heavy atom. The standard InChI is InChI=1S/C11H10BrFO2/c12-7-3-8(13)5-11(4-7)15-10-2-1-9(14)6-10/h3-5,10H,1-2,6H2. The Morgan fingerprint density at radius 3 is 2.80 bits per heavy atom. The number of ketones is 1. The van der Waals surface area contributed by atoms with E-state index in [-0.39, 0.29) is 17.7 Å². The summed E-state index contributed by atoms with van der Waals surface area (Å²) in [6.45, 7) is 0. The molecule has 0 N–H and O–H groups in total. The van der Waals surface area contributed by atoms with Crippen molar-refractivity contribution in [3.8, 4) is 5.75 Å². The van der Waals surface area contributed by atoms with Crippen LogP contribution < -0.4 is 4.74 Å². The van der Waals surface area contributed by atoms with Crippen LogP contribution in [0.3, 0.4) is 0 Å². The average molecular weight is 273 g/mol. The summed E-state index contributed by atoms with van der Waals surface area (Å²) in [5.74, 6) is 0.348. The molecule has 0 bridgehead atoms. The number of carbonyl (C=O) groups is 1. The minimum absolute atomic E-state index is 0.0915. The van der Waals surface area contributed by atoms with Crippen molar-refractivity contribution in [3.63, 3.8) is 0 Å². The van der Waals surface area contributed by atoms with Crippen molar-refractivity contribution in [2.45, 2.75) is 25.4 Å². The normalized spacial score (nSPS) is 20.7. The molecule has 0 aromatic heterocycles. The molecule has 1 aromatic carbocycles. The van der Waals surface area contributed by atoms with Crippen LogP contribution in [0, 0.1) is 5.82 Å². The fourth-order valence-electron chi connectivity index (χ4n) is 1.67. The van der Waals surface area contributed by atoms with E-state index in [1.54, 1.807) is 6.07 Å². The van der Waals surface area contributed by atoms with Crippen molar-refractivity contribution in [3.05, 3.63) is 28.5 Å². The van der Waals surface area contributed by atoms with Crippen molar-refractivity contribution in [1.82, 2.24) is 0 Å². The summed E-state index contributed by atoms with van der Waals surface area (Å²) in [5, 5.41) is 0. The molecule has 1 aromatic rings. The molecule has 0 heterocycles. The highest BCUT2D eigenvalue weighted by atomic mass is 79.9. The third-order valence-electron chi connectivity index (χ3n) is 2.34. The lowest BCUT2D eigenvalue weighted by atomic mass is 10.3. The molecule has 1 aliphatic carbocycles. The van der Waals surface area contributed by atoms with Gasteiger partial charge in [-0.25, -0.2) is 4.39 Å². The van der Waals surface area contributed by atoms with Crippen LogP contribution in [0.15, 0.2) is 22.7 Å². The summed E-state index contributed by atoms with van der Waals surface area (Å²) in [6.07, 6.45) is 1.65. The Hall–Kier alpha value is -0.900. The van der Waals surface area contributed by atoms with Crippen LogP contribution in [0.2, 0.25) is 0 Å². The highest BCUT2D eigenvalue weighted by Gasteiger charge is 2.23. The quantitative estimate of drug-likeness (QED) is 0.827. The molecule has 1 saturated carbocycles. The summed E-state index contributed by atoms with van der Waals surface area (Å²) < 4.78 is 19.2. The van der Waals surface area contributed by atoms with Crippen molar-refractivity contribution >= 4 is 21.7 Å². The van der Waals surface area contributed by atoms with Gasteiger partial charge < -0.3 is 4.74 Å². The summed E-state index contributed by atoms with van der Waals surface area (Å²) >= 11 is 3.19. The third kappa shape index (κ3) is 2.78. The van der Waals surface area contributed by atoms with E-state index in [9.17, 15) is 9.18 Å². The van der Waals surface area contributed by atoms with Crippen LogP contribution in [0.25, 0.3) is 0 Å². The molecule has 1 aliphatic rings. The Labute approximate surface area is 95.6 Å². The Bertz CT molecular complexity index is 372. The highest BCUT2D eigenvalue weighted by molar-refractivity contribution is 9.10. The molecule has 2 nitrogen and oxygen atoms in total. The Balaban J connectivity index is 2.07. The van der Waals surface area contributed by atoms with E-state index in [1.165, 1.54) is 12.1 Å². The fraction of sp³-hybridized carbons (Fsp3) is 0.364. The molecule has 0 amide bonds. The Kier molecular flexibility index (Phi) is 3.05. The molecule has 1 atom stereocenters. The van der Waals surface area contributed by atoms with Gasteiger partial charge in [-0.3, -0.25) is 4.79 Å². The molecule has 0 aliphatic heterocycles. The first-order valence-electron chi connectivity index (χ1n) is 4.78. The monoisotopic (exact) mass is 272 g/mol. The third-order valence-corrected chi connectivity index (χ3v) is 2.80. The zero-order valence-corrected chi connectivity index (χ0v) is 9.59. The summed E-state index contributed by atoms with van der Waals surface area (Å²) in [7, 11) is 0. The first-order valence-corrected chi connectivity index (χ1v) is 5.57. The lowest BCUT2D eigenvalue weighted by Crippen LogP contribution is -2.12. The first-order chi connectivity index (χ1) is 7.13. The zero-order chi connectivity index (χ0) is 10.8. The van der Waals surface area contributed by atoms with E-state index in [0.717, 1.165) is 6.42 Å².